The Morgan fingerprint density at radius 3 is 2.86 bits per heavy atom. The summed E-state index contributed by atoms with van der Waals surface area (Å²) in [5.74, 6) is 0.707. The van der Waals surface area contributed by atoms with Gasteiger partial charge in [0, 0.05) is 13.1 Å². The number of rotatable bonds is 7. The Bertz CT molecular complexity index is 452. The first-order chi connectivity index (χ1) is 10.1. The highest BCUT2D eigenvalue weighted by atomic mass is 16.3. The summed E-state index contributed by atoms with van der Waals surface area (Å²) >= 11 is 0. The molecular weight excluding hydrogens is 268 g/mol. The molecule has 1 fully saturated rings. The van der Waals surface area contributed by atoms with Gasteiger partial charge in [-0.3, -0.25) is 4.79 Å². The first-order valence-electron chi connectivity index (χ1n) is 7.78. The molecule has 21 heavy (non-hydrogen) atoms. The van der Waals surface area contributed by atoms with Crippen molar-refractivity contribution in [1.82, 2.24) is 15.2 Å². The lowest BCUT2D eigenvalue weighted by atomic mass is 10.0. The molecule has 1 saturated heterocycles. The van der Waals surface area contributed by atoms with Gasteiger partial charge in [0.25, 0.3) is 5.91 Å². The third kappa shape index (κ3) is 4.82. The van der Waals surface area contributed by atoms with Crippen LogP contribution in [0.4, 0.5) is 0 Å². The van der Waals surface area contributed by atoms with Crippen molar-refractivity contribution in [3.63, 3.8) is 0 Å². The summed E-state index contributed by atoms with van der Waals surface area (Å²) in [5, 5.41) is 2.87. The zero-order valence-electron chi connectivity index (χ0n) is 13.0. The van der Waals surface area contributed by atoms with Crippen LogP contribution in [-0.2, 0) is 0 Å². The van der Waals surface area contributed by atoms with Gasteiger partial charge in [-0.25, -0.2) is 4.98 Å². The molecule has 0 bridgehead atoms. The number of carbonyl (C=O) groups is 1. The topological polar surface area (TPSA) is 84.4 Å². The van der Waals surface area contributed by atoms with E-state index in [0.717, 1.165) is 26.1 Å². The van der Waals surface area contributed by atoms with Gasteiger partial charge < -0.3 is 20.4 Å². The number of hydrogen-bond acceptors (Lipinski definition) is 5. The van der Waals surface area contributed by atoms with Crippen molar-refractivity contribution in [2.24, 2.45) is 11.7 Å². The van der Waals surface area contributed by atoms with Crippen molar-refractivity contribution in [1.29, 1.82) is 0 Å². The molecule has 1 aromatic rings. The van der Waals surface area contributed by atoms with Crippen LogP contribution < -0.4 is 11.1 Å². The molecule has 0 spiro atoms. The van der Waals surface area contributed by atoms with E-state index in [1.54, 1.807) is 0 Å². The lowest BCUT2D eigenvalue weighted by Gasteiger charge is -2.14. The molecule has 2 heterocycles. The zero-order valence-corrected chi connectivity index (χ0v) is 13.0. The average molecular weight is 294 g/mol. The van der Waals surface area contributed by atoms with E-state index in [1.165, 1.54) is 19.1 Å². The van der Waals surface area contributed by atoms with Crippen molar-refractivity contribution >= 4 is 5.91 Å². The van der Waals surface area contributed by atoms with E-state index in [9.17, 15) is 4.79 Å². The van der Waals surface area contributed by atoms with Crippen LogP contribution in [0, 0.1) is 5.92 Å². The monoisotopic (exact) mass is 294 g/mol. The molecular formula is C15H26N4O2. The Hall–Kier alpha value is -1.40. The number of hydrogen-bond donors (Lipinski definition) is 2. The molecule has 1 amide bonds. The highest BCUT2D eigenvalue weighted by Crippen LogP contribution is 2.18. The summed E-state index contributed by atoms with van der Waals surface area (Å²) in [6, 6.07) is -0.254. The summed E-state index contributed by atoms with van der Waals surface area (Å²) in [6.45, 7) is 7.98. The standard InChI is InChI=1S/C15H26N4O2/c1-11(2)9-12(16)15-18-13(10-21-15)14(20)17-5-8-19-6-3-4-7-19/h10-12H,3-9,16H2,1-2H3,(H,17,20). The number of carbonyl (C=O) groups excluding carboxylic acids is 1. The van der Waals surface area contributed by atoms with Gasteiger partial charge in [-0.15, -0.1) is 0 Å². The van der Waals surface area contributed by atoms with Crippen molar-refractivity contribution < 1.29 is 9.21 Å². The van der Waals surface area contributed by atoms with Crippen molar-refractivity contribution in [3.8, 4) is 0 Å². The fourth-order valence-corrected chi connectivity index (χ4v) is 2.60. The van der Waals surface area contributed by atoms with E-state index in [-0.39, 0.29) is 11.9 Å². The van der Waals surface area contributed by atoms with Gasteiger partial charge in [0.1, 0.15) is 6.26 Å². The molecule has 1 aromatic heterocycles. The van der Waals surface area contributed by atoms with Gasteiger partial charge in [0.15, 0.2) is 5.69 Å². The second kappa shape index (κ2) is 7.56. The minimum Gasteiger partial charge on any atom is -0.446 e. The van der Waals surface area contributed by atoms with Crippen LogP contribution >= 0.6 is 0 Å². The number of oxazole rings is 1. The number of amides is 1. The molecule has 0 aliphatic carbocycles. The van der Waals surface area contributed by atoms with Crippen molar-refractivity contribution in [2.45, 2.75) is 39.2 Å². The smallest absolute Gasteiger partial charge is 0.273 e. The first kappa shape index (κ1) is 16.0. The van der Waals surface area contributed by atoms with Crippen LogP contribution in [-0.4, -0.2) is 42.0 Å². The minimum absolute atomic E-state index is 0.194. The van der Waals surface area contributed by atoms with Crippen LogP contribution in [0.15, 0.2) is 10.7 Å². The third-order valence-electron chi connectivity index (χ3n) is 3.71. The first-order valence-corrected chi connectivity index (χ1v) is 7.78. The van der Waals surface area contributed by atoms with Gasteiger partial charge in [0.05, 0.1) is 6.04 Å². The minimum atomic E-state index is -0.254. The molecule has 0 aromatic carbocycles. The Morgan fingerprint density at radius 2 is 2.19 bits per heavy atom. The Morgan fingerprint density at radius 1 is 1.48 bits per heavy atom. The van der Waals surface area contributed by atoms with Gasteiger partial charge in [-0.2, -0.15) is 0 Å². The van der Waals surface area contributed by atoms with Crippen LogP contribution in [0.3, 0.4) is 0 Å². The van der Waals surface area contributed by atoms with Gasteiger partial charge >= 0.3 is 0 Å². The Labute approximate surface area is 126 Å². The Kier molecular flexibility index (Phi) is 5.76. The molecule has 1 atom stereocenters. The SMILES string of the molecule is CC(C)CC(N)c1nc(C(=O)NCCN2CCCC2)co1. The normalized spacial score (nSPS) is 17.3. The van der Waals surface area contributed by atoms with Crippen molar-refractivity contribution in [3.05, 3.63) is 17.8 Å². The fourth-order valence-electron chi connectivity index (χ4n) is 2.60. The van der Waals surface area contributed by atoms with Gasteiger partial charge in [-0.05, 0) is 38.3 Å². The summed E-state index contributed by atoms with van der Waals surface area (Å²) in [7, 11) is 0. The number of nitrogens with zero attached hydrogens (tertiary/aromatic N) is 2. The predicted molar refractivity (Wildman–Crippen MR) is 80.9 cm³/mol. The van der Waals surface area contributed by atoms with Crippen LogP contribution in [0.2, 0.25) is 0 Å². The van der Waals surface area contributed by atoms with Gasteiger partial charge in [0.2, 0.25) is 5.89 Å². The van der Waals surface area contributed by atoms with E-state index in [1.807, 2.05) is 0 Å². The van der Waals surface area contributed by atoms with Crippen LogP contribution in [0.25, 0.3) is 0 Å². The molecule has 6 heteroatoms. The number of likely N-dealkylation sites (tertiary alicyclic amines) is 1. The third-order valence-corrected chi connectivity index (χ3v) is 3.71. The highest BCUT2D eigenvalue weighted by molar-refractivity contribution is 5.91. The van der Waals surface area contributed by atoms with Gasteiger partial charge in [-0.1, -0.05) is 13.8 Å². The summed E-state index contributed by atoms with van der Waals surface area (Å²) in [4.78, 5) is 18.5. The van der Waals surface area contributed by atoms with E-state index in [0.29, 0.717) is 24.0 Å². The molecule has 118 valence electrons. The number of aromatic nitrogens is 1. The molecule has 2 rings (SSSR count). The van der Waals surface area contributed by atoms with Crippen LogP contribution in [0.5, 0.6) is 0 Å². The fraction of sp³-hybridized carbons (Fsp3) is 0.733. The summed E-state index contributed by atoms with van der Waals surface area (Å²) < 4.78 is 5.32. The Balaban J connectivity index is 1.78. The second-order valence-electron chi connectivity index (χ2n) is 6.11. The maximum atomic E-state index is 12.0. The van der Waals surface area contributed by atoms with E-state index < -0.39 is 0 Å². The summed E-state index contributed by atoms with van der Waals surface area (Å²) in [6.07, 6.45) is 4.69. The largest absolute Gasteiger partial charge is 0.446 e. The molecule has 0 saturated carbocycles. The maximum absolute atomic E-state index is 12.0. The quantitative estimate of drug-likeness (QED) is 0.797. The average Bonchev–Trinajstić information content (AvgIpc) is 3.09. The summed E-state index contributed by atoms with van der Waals surface area (Å²) in [5.41, 5.74) is 6.31. The van der Waals surface area contributed by atoms with E-state index >= 15 is 0 Å². The number of nitrogens with one attached hydrogen (secondary N) is 1. The molecule has 0 radical (unpaired) electrons. The predicted octanol–water partition coefficient (Wildman–Crippen LogP) is 1.55. The highest BCUT2D eigenvalue weighted by Gasteiger charge is 2.18. The lowest BCUT2D eigenvalue weighted by molar-refractivity contribution is 0.0944. The van der Waals surface area contributed by atoms with E-state index in [2.05, 4.69) is 29.0 Å². The molecule has 3 N–H and O–H groups in total. The van der Waals surface area contributed by atoms with Crippen LogP contribution in [0.1, 0.15) is 55.5 Å². The molecule has 1 aliphatic rings. The maximum Gasteiger partial charge on any atom is 0.273 e. The lowest BCUT2D eigenvalue weighted by Crippen LogP contribution is -2.33. The molecule has 6 nitrogen and oxygen atoms in total. The molecule has 1 aliphatic heterocycles. The molecule has 1 unspecified atom stereocenters. The zero-order chi connectivity index (χ0) is 15.2. The second-order valence-corrected chi connectivity index (χ2v) is 6.11. The number of nitrogens with two attached hydrogens (primary N) is 1. The van der Waals surface area contributed by atoms with E-state index in [4.69, 9.17) is 10.2 Å². The van der Waals surface area contributed by atoms with Crippen molar-refractivity contribution in [2.75, 3.05) is 26.2 Å².